The summed E-state index contributed by atoms with van der Waals surface area (Å²) in [7, 11) is 0. The van der Waals surface area contributed by atoms with Gasteiger partial charge in [-0.05, 0) is 32.8 Å². The molecule has 2 nitrogen and oxygen atoms in total. The molecule has 1 rings (SSSR count). The Kier molecular flexibility index (Phi) is 4.04. The number of carbonyl (C=O) groups excluding carboxylic acids is 1. The van der Waals surface area contributed by atoms with E-state index in [0.717, 1.165) is 17.5 Å². The number of ketones is 1. The normalized spacial score (nSPS) is 12.5. The average Bonchev–Trinajstić information content (AvgIpc) is 2.14. The number of benzene rings is 1. The number of carbonyl (C=O) groups is 1. The Hall–Kier alpha value is -1.15. The molecule has 1 aromatic carbocycles. The highest BCUT2D eigenvalue weighted by molar-refractivity contribution is 5.97. The van der Waals surface area contributed by atoms with Crippen LogP contribution in [-0.4, -0.2) is 11.8 Å². The zero-order valence-electron chi connectivity index (χ0n) is 9.71. The van der Waals surface area contributed by atoms with Gasteiger partial charge in [0.1, 0.15) is 0 Å². The average molecular weight is 205 g/mol. The molecule has 1 atom stereocenters. The summed E-state index contributed by atoms with van der Waals surface area (Å²) < 4.78 is 0. The molecule has 0 aromatic heterocycles. The van der Waals surface area contributed by atoms with Crippen molar-refractivity contribution < 1.29 is 4.79 Å². The largest absolute Gasteiger partial charge is 0.328 e. The Bertz CT molecular complexity index is 356. The first-order chi connectivity index (χ1) is 7.00. The van der Waals surface area contributed by atoms with Gasteiger partial charge in [0.05, 0.1) is 0 Å². The Morgan fingerprint density at radius 1 is 1.40 bits per heavy atom. The number of hydrogen-bond acceptors (Lipinski definition) is 2. The van der Waals surface area contributed by atoms with Crippen LogP contribution in [-0.2, 0) is 0 Å². The Labute approximate surface area is 91.5 Å². The molecule has 0 aliphatic rings. The Balaban J connectivity index is 2.74. The second-order valence-corrected chi connectivity index (χ2v) is 4.26. The molecule has 0 spiro atoms. The minimum absolute atomic E-state index is 0.0969. The van der Waals surface area contributed by atoms with Gasteiger partial charge in [-0.3, -0.25) is 4.79 Å². The Morgan fingerprint density at radius 2 is 2.07 bits per heavy atom. The number of rotatable bonds is 4. The standard InChI is InChI=1S/C13H19NO/c1-9-4-6-12(10(2)8-9)13(15)7-5-11(3)14/h4,6,8,11H,5,7,14H2,1-3H3. The maximum Gasteiger partial charge on any atom is 0.163 e. The van der Waals surface area contributed by atoms with Crippen LogP contribution in [0, 0.1) is 13.8 Å². The van der Waals surface area contributed by atoms with Gasteiger partial charge in [-0.25, -0.2) is 0 Å². The van der Waals surface area contributed by atoms with Crippen molar-refractivity contribution in [2.24, 2.45) is 5.73 Å². The molecule has 0 bridgehead atoms. The third-order valence-corrected chi connectivity index (χ3v) is 2.51. The number of nitrogens with two attached hydrogens (primary N) is 1. The van der Waals surface area contributed by atoms with Crippen molar-refractivity contribution in [3.8, 4) is 0 Å². The molecule has 2 heteroatoms. The van der Waals surface area contributed by atoms with Crippen molar-refractivity contribution in [3.63, 3.8) is 0 Å². The van der Waals surface area contributed by atoms with Gasteiger partial charge in [-0.1, -0.05) is 23.8 Å². The summed E-state index contributed by atoms with van der Waals surface area (Å²) in [5.74, 6) is 0.199. The molecule has 2 N–H and O–H groups in total. The molecule has 0 aliphatic carbocycles. The summed E-state index contributed by atoms with van der Waals surface area (Å²) in [6, 6.07) is 6.03. The van der Waals surface area contributed by atoms with Gasteiger partial charge >= 0.3 is 0 Å². The zero-order valence-corrected chi connectivity index (χ0v) is 9.71. The molecule has 82 valence electrons. The van der Waals surface area contributed by atoms with Crippen LogP contribution in [0.25, 0.3) is 0 Å². The highest BCUT2D eigenvalue weighted by atomic mass is 16.1. The number of aryl methyl sites for hydroxylation is 2. The van der Waals surface area contributed by atoms with E-state index in [2.05, 4.69) is 0 Å². The van der Waals surface area contributed by atoms with Crippen molar-refractivity contribution in [2.45, 2.75) is 39.7 Å². The van der Waals surface area contributed by atoms with E-state index in [4.69, 9.17) is 5.73 Å². The van der Waals surface area contributed by atoms with E-state index in [1.54, 1.807) is 0 Å². The van der Waals surface area contributed by atoms with Crippen LogP contribution in [0.3, 0.4) is 0 Å². The van der Waals surface area contributed by atoms with Crippen LogP contribution in [0.4, 0.5) is 0 Å². The lowest BCUT2D eigenvalue weighted by atomic mass is 9.98. The second-order valence-electron chi connectivity index (χ2n) is 4.26. The minimum atomic E-state index is 0.0969. The van der Waals surface area contributed by atoms with Crippen molar-refractivity contribution in [2.75, 3.05) is 0 Å². The fourth-order valence-corrected chi connectivity index (χ4v) is 1.62. The predicted octanol–water partition coefficient (Wildman–Crippen LogP) is 2.61. The zero-order chi connectivity index (χ0) is 11.4. The van der Waals surface area contributed by atoms with Crippen LogP contribution < -0.4 is 5.73 Å². The molecule has 0 heterocycles. The molecule has 0 saturated heterocycles. The first-order valence-corrected chi connectivity index (χ1v) is 5.36. The quantitative estimate of drug-likeness (QED) is 0.768. The van der Waals surface area contributed by atoms with Crippen LogP contribution >= 0.6 is 0 Å². The van der Waals surface area contributed by atoms with E-state index in [-0.39, 0.29) is 11.8 Å². The van der Waals surface area contributed by atoms with E-state index < -0.39 is 0 Å². The minimum Gasteiger partial charge on any atom is -0.328 e. The van der Waals surface area contributed by atoms with Crippen molar-refractivity contribution in [3.05, 3.63) is 34.9 Å². The maximum absolute atomic E-state index is 11.8. The summed E-state index contributed by atoms with van der Waals surface area (Å²) >= 11 is 0. The summed E-state index contributed by atoms with van der Waals surface area (Å²) in [6.07, 6.45) is 1.30. The highest BCUT2D eigenvalue weighted by Gasteiger charge is 2.09. The summed E-state index contributed by atoms with van der Waals surface area (Å²) in [5.41, 5.74) is 8.71. The van der Waals surface area contributed by atoms with Crippen molar-refractivity contribution in [1.82, 2.24) is 0 Å². The van der Waals surface area contributed by atoms with Crippen LogP contribution in [0.2, 0.25) is 0 Å². The summed E-state index contributed by atoms with van der Waals surface area (Å²) in [5, 5.41) is 0. The van der Waals surface area contributed by atoms with Crippen LogP contribution in [0.15, 0.2) is 18.2 Å². The fourth-order valence-electron chi connectivity index (χ4n) is 1.62. The molecular formula is C13H19NO. The molecule has 1 aromatic rings. The van der Waals surface area contributed by atoms with Crippen LogP contribution in [0.1, 0.15) is 41.3 Å². The summed E-state index contributed by atoms with van der Waals surface area (Å²) in [4.78, 5) is 11.8. The molecule has 0 aliphatic heterocycles. The van der Waals surface area contributed by atoms with Crippen LogP contribution in [0.5, 0.6) is 0 Å². The lowest BCUT2D eigenvalue weighted by molar-refractivity contribution is 0.0977. The second kappa shape index (κ2) is 5.08. The molecule has 0 amide bonds. The van der Waals surface area contributed by atoms with E-state index in [1.807, 2.05) is 39.0 Å². The highest BCUT2D eigenvalue weighted by Crippen LogP contribution is 2.13. The lowest BCUT2D eigenvalue weighted by Gasteiger charge is -2.07. The third kappa shape index (κ3) is 3.48. The van der Waals surface area contributed by atoms with Crippen molar-refractivity contribution >= 4 is 5.78 Å². The third-order valence-electron chi connectivity index (χ3n) is 2.51. The van der Waals surface area contributed by atoms with E-state index in [1.165, 1.54) is 5.56 Å². The molecule has 0 radical (unpaired) electrons. The maximum atomic E-state index is 11.8. The topological polar surface area (TPSA) is 43.1 Å². The monoisotopic (exact) mass is 205 g/mol. The smallest absolute Gasteiger partial charge is 0.163 e. The van der Waals surface area contributed by atoms with Gasteiger partial charge < -0.3 is 5.73 Å². The van der Waals surface area contributed by atoms with Gasteiger partial charge in [-0.2, -0.15) is 0 Å². The first kappa shape index (κ1) is 11.9. The van der Waals surface area contributed by atoms with Gasteiger partial charge in [0.15, 0.2) is 5.78 Å². The number of hydrogen-bond donors (Lipinski definition) is 1. The molecule has 0 fully saturated rings. The van der Waals surface area contributed by atoms with Crippen molar-refractivity contribution in [1.29, 1.82) is 0 Å². The predicted molar refractivity (Wildman–Crippen MR) is 63.1 cm³/mol. The number of Topliss-reactive ketones (excluding diaryl/α,β-unsaturated/α-hetero) is 1. The first-order valence-electron chi connectivity index (χ1n) is 5.36. The van der Waals surface area contributed by atoms with E-state index >= 15 is 0 Å². The van der Waals surface area contributed by atoms with Gasteiger partial charge in [0, 0.05) is 18.0 Å². The van der Waals surface area contributed by atoms with Gasteiger partial charge in [0.2, 0.25) is 0 Å². The van der Waals surface area contributed by atoms with E-state index in [0.29, 0.717) is 6.42 Å². The van der Waals surface area contributed by atoms with Gasteiger partial charge in [0.25, 0.3) is 0 Å². The Morgan fingerprint density at radius 3 is 2.60 bits per heavy atom. The lowest BCUT2D eigenvalue weighted by Crippen LogP contribution is -2.16. The molecule has 1 unspecified atom stereocenters. The molecule has 0 saturated carbocycles. The molecule has 15 heavy (non-hydrogen) atoms. The SMILES string of the molecule is Cc1ccc(C(=O)CCC(C)N)c(C)c1. The molecular weight excluding hydrogens is 186 g/mol. The summed E-state index contributed by atoms with van der Waals surface area (Å²) in [6.45, 7) is 5.94. The van der Waals surface area contributed by atoms with E-state index in [9.17, 15) is 4.79 Å². The van der Waals surface area contributed by atoms with Gasteiger partial charge in [-0.15, -0.1) is 0 Å². The fraction of sp³-hybridized carbons (Fsp3) is 0.462.